The summed E-state index contributed by atoms with van der Waals surface area (Å²) in [6.07, 6.45) is 0.425. The second kappa shape index (κ2) is 5.43. The summed E-state index contributed by atoms with van der Waals surface area (Å²) < 4.78 is 0. The minimum Gasteiger partial charge on any atom is -0.387 e. The number of hydrogen-bond acceptors (Lipinski definition) is 1. The van der Waals surface area contributed by atoms with E-state index in [2.05, 4.69) is 48.5 Å². The van der Waals surface area contributed by atoms with Crippen LogP contribution in [-0.4, -0.2) is 5.11 Å². The molecular formula is C21H18O. The lowest BCUT2D eigenvalue weighted by atomic mass is 9.74. The van der Waals surface area contributed by atoms with Gasteiger partial charge in [0, 0.05) is 5.92 Å². The Kier molecular flexibility index (Phi) is 3.28. The highest BCUT2D eigenvalue weighted by Gasteiger charge is 2.31. The van der Waals surface area contributed by atoms with Gasteiger partial charge >= 0.3 is 0 Å². The minimum absolute atomic E-state index is 0.00329. The molecule has 1 aliphatic carbocycles. The van der Waals surface area contributed by atoms with Crippen molar-refractivity contribution in [1.82, 2.24) is 0 Å². The molecule has 3 aromatic rings. The van der Waals surface area contributed by atoms with Crippen molar-refractivity contribution in [2.24, 2.45) is 0 Å². The van der Waals surface area contributed by atoms with Gasteiger partial charge in [-0.15, -0.1) is 0 Å². The third kappa shape index (κ3) is 2.15. The van der Waals surface area contributed by atoms with Crippen molar-refractivity contribution >= 4 is 0 Å². The summed E-state index contributed by atoms with van der Waals surface area (Å²) in [4.78, 5) is 0. The molecule has 0 saturated heterocycles. The van der Waals surface area contributed by atoms with E-state index in [9.17, 15) is 5.11 Å². The van der Waals surface area contributed by atoms with Crippen molar-refractivity contribution in [2.75, 3.05) is 0 Å². The molecule has 0 amide bonds. The maximum atomic E-state index is 11.0. The van der Waals surface area contributed by atoms with E-state index in [-0.39, 0.29) is 5.92 Å². The number of aliphatic hydroxyl groups excluding tert-OH is 1. The van der Waals surface area contributed by atoms with Crippen molar-refractivity contribution in [1.29, 1.82) is 0 Å². The maximum Gasteiger partial charge on any atom is 0.0899 e. The second-order valence-electron chi connectivity index (χ2n) is 5.91. The normalized spacial score (nSPS) is 15.0. The number of hydrogen-bond donors (Lipinski definition) is 1. The van der Waals surface area contributed by atoms with Gasteiger partial charge in [0.1, 0.15) is 0 Å². The molecule has 108 valence electrons. The topological polar surface area (TPSA) is 20.2 Å². The number of benzene rings is 3. The Labute approximate surface area is 130 Å². The molecule has 1 atom stereocenters. The molecule has 22 heavy (non-hydrogen) atoms. The fourth-order valence-electron chi connectivity index (χ4n) is 3.55. The van der Waals surface area contributed by atoms with Gasteiger partial charge < -0.3 is 5.11 Å². The first kappa shape index (κ1) is 13.3. The largest absolute Gasteiger partial charge is 0.387 e. The summed E-state index contributed by atoms with van der Waals surface area (Å²) in [7, 11) is 0. The van der Waals surface area contributed by atoms with Crippen LogP contribution in [0.1, 0.15) is 39.8 Å². The van der Waals surface area contributed by atoms with Crippen LogP contribution in [0.3, 0.4) is 0 Å². The molecule has 0 bridgehead atoms. The van der Waals surface area contributed by atoms with Gasteiger partial charge in [0.05, 0.1) is 6.10 Å². The number of rotatable bonds is 2. The van der Waals surface area contributed by atoms with Crippen LogP contribution in [0, 0.1) is 0 Å². The van der Waals surface area contributed by atoms with E-state index in [0.29, 0.717) is 0 Å². The molecule has 0 heterocycles. The molecule has 3 aromatic carbocycles. The SMILES string of the molecule is O[C@H](c1ccccc1)C1c2ccccc2Cc2ccccc21. The molecule has 0 unspecified atom stereocenters. The van der Waals surface area contributed by atoms with E-state index in [0.717, 1.165) is 12.0 Å². The van der Waals surface area contributed by atoms with Crippen LogP contribution in [0.2, 0.25) is 0 Å². The molecule has 1 aliphatic rings. The summed E-state index contributed by atoms with van der Waals surface area (Å²) >= 11 is 0. The molecule has 0 saturated carbocycles. The first-order valence-corrected chi connectivity index (χ1v) is 7.73. The summed E-state index contributed by atoms with van der Waals surface area (Å²) in [5.74, 6) is 0.00329. The average molecular weight is 286 g/mol. The van der Waals surface area contributed by atoms with Gasteiger partial charge in [-0.05, 0) is 34.2 Å². The smallest absolute Gasteiger partial charge is 0.0899 e. The monoisotopic (exact) mass is 286 g/mol. The highest BCUT2D eigenvalue weighted by molar-refractivity contribution is 5.50. The lowest BCUT2D eigenvalue weighted by molar-refractivity contribution is 0.157. The molecule has 0 fully saturated rings. The zero-order valence-corrected chi connectivity index (χ0v) is 12.3. The predicted molar refractivity (Wildman–Crippen MR) is 88.9 cm³/mol. The van der Waals surface area contributed by atoms with Crippen LogP contribution in [-0.2, 0) is 6.42 Å². The van der Waals surface area contributed by atoms with Crippen LogP contribution in [0.25, 0.3) is 0 Å². The first-order chi connectivity index (χ1) is 10.8. The van der Waals surface area contributed by atoms with Gasteiger partial charge in [0.2, 0.25) is 0 Å². The van der Waals surface area contributed by atoms with E-state index in [4.69, 9.17) is 0 Å². The zero-order valence-electron chi connectivity index (χ0n) is 12.3. The number of aliphatic hydroxyl groups is 1. The van der Waals surface area contributed by atoms with Crippen LogP contribution in [0.4, 0.5) is 0 Å². The highest BCUT2D eigenvalue weighted by atomic mass is 16.3. The third-order valence-electron chi connectivity index (χ3n) is 4.62. The minimum atomic E-state index is -0.524. The molecule has 0 aromatic heterocycles. The summed E-state index contributed by atoms with van der Waals surface area (Å²) in [5, 5.41) is 11.0. The third-order valence-corrected chi connectivity index (χ3v) is 4.62. The average Bonchev–Trinajstić information content (AvgIpc) is 2.60. The Morgan fingerprint density at radius 1 is 0.682 bits per heavy atom. The van der Waals surface area contributed by atoms with Crippen LogP contribution >= 0.6 is 0 Å². The van der Waals surface area contributed by atoms with Crippen molar-refractivity contribution in [3.63, 3.8) is 0 Å². The first-order valence-electron chi connectivity index (χ1n) is 7.73. The maximum absolute atomic E-state index is 11.0. The molecule has 4 rings (SSSR count). The summed E-state index contributed by atoms with van der Waals surface area (Å²) in [6.45, 7) is 0. The number of fused-ring (bicyclic) bond motifs is 2. The Morgan fingerprint density at radius 2 is 1.18 bits per heavy atom. The Hall–Kier alpha value is -2.38. The van der Waals surface area contributed by atoms with Gasteiger partial charge in [0.15, 0.2) is 0 Å². The molecule has 1 N–H and O–H groups in total. The lowest BCUT2D eigenvalue weighted by Gasteiger charge is -2.32. The van der Waals surface area contributed by atoms with E-state index in [1.165, 1.54) is 22.3 Å². The van der Waals surface area contributed by atoms with Crippen LogP contribution in [0.15, 0.2) is 78.9 Å². The molecule has 1 nitrogen and oxygen atoms in total. The predicted octanol–water partition coefficient (Wildman–Crippen LogP) is 4.46. The Morgan fingerprint density at radius 3 is 1.77 bits per heavy atom. The fraction of sp³-hybridized carbons (Fsp3) is 0.143. The van der Waals surface area contributed by atoms with E-state index >= 15 is 0 Å². The molecule has 0 aliphatic heterocycles. The van der Waals surface area contributed by atoms with E-state index in [1.54, 1.807) is 0 Å². The molecular weight excluding hydrogens is 268 g/mol. The van der Waals surface area contributed by atoms with Gasteiger partial charge in [0.25, 0.3) is 0 Å². The molecule has 0 radical (unpaired) electrons. The van der Waals surface area contributed by atoms with Crippen molar-refractivity contribution in [2.45, 2.75) is 18.4 Å². The van der Waals surface area contributed by atoms with Crippen LogP contribution < -0.4 is 0 Å². The fourth-order valence-corrected chi connectivity index (χ4v) is 3.55. The molecule has 0 spiro atoms. The highest BCUT2D eigenvalue weighted by Crippen LogP contribution is 2.43. The quantitative estimate of drug-likeness (QED) is 0.737. The van der Waals surface area contributed by atoms with Crippen molar-refractivity contribution in [3.8, 4) is 0 Å². The summed E-state index contributed by atoms with van der Waals surface area (Å²) in [6, 6.07) is 26.9. The Balaban J connectivity index is 1.88. The van der Waals surface area contributed by atoms with Crippen molar-refractivity contribution < 1.29 is 5.11 Å². The van der Waals surface area contributed by atoms with E-state index in [1.807, 2.05) is 30.3 Å². The van der Waals surface area contributed by atoms with Crippen LogP contribution in [0.5, 0.6) is 0 Å². The van der Waals surface area contributed by atoms with E-state index < -0.39 is 6.10 Å². The second-order valence-corrected chi connectivity index (χ2v) is 5.91. The van der Waals surface area contributed by atoms with Gasteiger partial charge in [-0.3, -0.25) is 0 Å². The van der Waals surface area contributed by atoms with Gasteiger partial charge in [-0.25, -0.2) is 0 Å². The summed E-state index contributed by atoms with van der Waals surface area (Å²) in [5.41, 5.74) is 6.11. The zero-order chi connectivity index (χ0) is 14.9. The van der Waals surface area contributed by atoms with Gasteiger partial charge in [-0.1, -0.05) is 78.9 Å². The lowest BCUT2D eigenvalue weighted by Crippen LogP contribution is -2.20. The van der Waals surface area contributed by atoms with Gasteiger partial charge in [-0.2, -0.15) is 0 Å². The molecule has 1 heteroatoms. The Bertz CT molecular complexity index is 746. The standard InChI is InChI=1S/C21H18O/c22-21(15-8-2-1-3-9-15)20-18-12-6-4-10-16(18)14-17-11-5-7-13-19(17)20/h1-13,20-22H,14H2/t21-/m1/s1. The van der Waals surface area contributed by atoms with Crippen molar-refractivity contribution in [3.05, 3.63) is 107 Å².